The van der Waals surface area contributed by atoms with E-state index in [0.717, 1.165) is 7.05 Å². The number of hydrogen-bond donors (Lipinski definition) is 1. The average molecular weight is 330 g/mol. The maximum atomic E-state index is 14.0. The number of halogens is 4. The van der Waals surface area contributed by atoms with Gasteiger partial charge in [0, 0.05) is 19.4 Å². The molecule has 0 spiro atoms. The maximum absolute atomic E-state index is 14.0. The Morgan fingerprint density at radius 1 is 1.35 bits per heavy atom. The van der Waals surface area contributed by atoms with Crippen LogP contribution >= 0.6 is 0 Å². The molecule has 0 atom stereocenters. The van der Waals surface area contributed by atoms with Gasteiger partial charge < -0.3 is 10.2 Å². The van der Waals surface area contributed by atoms with Gasteiger partial charge in [0.25, 0.3) is 0 Å². The third-order valence-corrected chi connectivity index (χ3v) is 3.00. The fourth-order valence-electron chi connectivity index (χ4n) is 1.95. The molecule has 124 valence electrons. The normalized spacial score (nSPS) is 11.3. The monoisotopic (exact) mass is 330 g/mol. The van der Waals surface area contributed by atoms with Crippen LogP contribution in [-0.4, -0.2) is 46.9 Å². The third-order valence-electron chi connectivity index (χ3n) is 3.00. The lowest BCUT2D eigenvalue weighted by atomic mass is 10.2. The molecule has 0 saturated heterocycles. The van der Waals surface area contributed by atoms with Crippen LogP contribution < -0.4 is 5.32 Å². The van der Waals surface area contributed by atoms with Crippen LogP contribution in [0, 0.1) is 5.82 Å². The minimum Gasteiger partial charge on any atom is -0.372 e. The van der Waals surface area contributed by atoms with E-state index in [1.54, 1.807) is 18.3 Å². The summed E-state index contributed by atoms with van der Waals surface area (Å²) in [7, 11) is 1.03. The first-order chi connectivity index (χ1) is 10.8. The Morgan fingerprint density at radius 3 is 2.70 bits per heavy atom. The Balaban J connectivity index is 2.11. The second kappa shape index (κ2) is 6.67. The van der Waals surface area contributed by atoms with Crippen LogP contribution in [0.25, 0.3) is 5.69 Å². The van der Waals surface area contributed by atoms with E-state index in [0.29, 0.717) is 10.6 Å². The van der Waals surface area contributed by atoms with E-state index in [1.807, 2.05) is 0 Å². The van der Waals surface area contributed by atoms with Gasteiger partial charge in [0.15, 0.2) is 0 Å². The number of anilines is 1. The highest BCUT2D eigenvalue weighted by atomic mass is 19.4. The number of hydrogen-bond acceptors (Lipinski definition) is 3. The zero-order valence-electron chi connectivity index (χ0n) is 12.1. The Labute approximate surface area is 129 Å². The van der Waals surface area contributed by atoms with Gasteiger partial charge in [0.2, 0.25) is 5.91 Å². The van der Waals surface area contributed by atoms with Gasteiger partial charge in [-0.2, -0.15) is 18.3 Å². The number of nitrogens with zero attached hydrogens (tertiary/aromatic N) is 3. The molecule has 0 bridgehead atoms. The summed E-state index contributed by atoms with van der Waals surface area (Å²) in [5, 5.41) is 6.51. The summed E-state index contributed by atoms with van der Waals surface area (Å²) in [4.78, 5) is 12.3. The van der Waals surface area contributed by atoms with Gasteiger partial charge in [-0.05, 0) is 18.2 Å². The quantitative estimate of drug-likeness (QED) is 0.857. The number of aromatic nitrogens is 2. The van der Waals surface area contributed by atoms with E-state index in [-0.39, 0.29) is 5.69 Å². The maximum Gasteiger partial charge on any atom is 0.406 e. The molecule has 0 aliphatic carbocycles. The van der Waals surface area contributed by atoms with Crippen molar-refractivity contribution in [2.45, 2.75) is 6.18 Å². The van der Waals surface area contributed by atoms with Crippen LogP contribution in [-0.2, 0) is 4.79 Å². The number of carbonyl (C=O) groups excluding carboxylic acids is 1. The number of likely N-dealkylation sites (N-methyl/N-ethyl adjacent to an activating group) is 1. The average Bonchev–Trinajstić information content (AvgIpc) is 2.97. The van der Waals surface area contributed by atoms with Gasteiger partial charge >= 0.3 is 6.18 Å². The van der Waals surface area contributed by atoms with Crippen molar-refractivity contribution in [2.24, 2.45) is 0 Å². The topological polar surface area (TPSA) is 50.2 Å². The van der Waals surface area contributed by atoms with Crippen molar-refractivity contribution in [1.82, 2.24) is 14.7 Å². The molecule has 2 aromatic rings. The summed E-state index contributed by atoms with van der Waals surface area (Å²) in [5.41, 5.74) is 0.339. The van der Waals surface area contributed by atoms with Crippen LogP contribution in [0.15, 0.2) is 36.7 Å². The van der Waals surface area contributed by atoms with Crippen LogP contribution in [0.3, 0.4) is 0 Å². The van der Waals surface area contributed by atoms with E-state index >= 15 is 0 Å². The van der Waals surface area contributed by atoms with E-state index < -0.39 is 31.0 Å². The highest BCUT2D eigenvalue weighted by Crippen LogP contribution is 2.23. The van der Waals surface area contributed by atoms with Crippen LogP contribution in [0.4, 0.5) is 23.2 Å². The highest BCUT2D eigenvalue weighted by molar-refractivity contribution is 5.81. The molecule has 1 aromatic carbocycles. The molecule has 5 nitrogen and oxygen atoms in total. The molecule has 1 aromatic heterocycles. The summed E-state index contributed by atoms with van der Waals surface area (Å²) >= 11 is 0. The number of rotatable bonds is 5. The molecule has 2 rings (SSSR count). The van der Waals surface area contributed by atoms with E-state index in [2.05, 4.69) is 10.4 Å². The summed E-state index contributed by atoms with van der Waals surface area (Å²) in [5.74, 6) is -1.44. The zero-order chi connectivity index (χ0) is 17.0. The molecule has 1 heterocycles. The van der Waals surface area contributed by atoms with Gasteiger partial charge in [-0.1, -0.05) is 6.07 Å². The Morgan fingerprint density at radius 2 is 2.09 bits per heavy atom. The molecular formula is C14H14F4N4O. The summed E-state index contributed by atoms with van der Waals surface area (Å²) in [6, 6.07) is 5.85. The molecule has 9 heteroatoms. The summed E-state index contributed by atoms with van der Waals surface area (Å²) < 4.78 is 52.1. The smallest absolute Gasteiger partial charge is 0.372 e. The van der Waals surface area contributed by atoms with Crippen molar-refractivity contribution >= 4 is 11.6 Å². The zero-order valence-corrected chi connectivity index (χ0v) is 12.1. The van der Waals surface area contributed by atoms with E-state index in [4.69, 9.17) is 0 Å². The highest BCUT2D eigenvalue weighted by Gasteiger charge is 2.31. The largest absolute Gasteiger partial charge is 0.406 e. The van der Waals surface area contributed by atoms with Gasteiger partial charge in [-0.25, -0.2) is 9.07 Å². The number of carbonyl (C=O) groups is 1. The van der Waals surface area contributed by atoms with Crippen molar-refractivity contribution in [2.75, 3.05) is 25.5 Å². The van der Waals surface area contributed by atoms with Gasteiger partial charge in [0.05, 0.1) is 17.9 Å². The lowest BCUT2D eigenvalue weighted by Gasteiger charge is -2.20. The first-order valence-electron chi connectivity index (χ1n) is 6.61. The minimum absolute atomic E-state index is 0.00930. The molecular weight excluding hydrogens is 316 g/mol. The SMILES string of the molecule is CN(CC(F)(F)F)C(=O)CNc1c(F)cccc1-n1cccn1. The lowest BCUT2D eigenvalue weighted by molar-refractivity contribution is -0.157. The minimum atomic E-state index is -4.48. The molecule has 1 N–H and O–H groups in total. The van der Waals surface area contributed by atoms with E-state index in [1.165, 1.54) is 23.0 Å². The van der Waals surface area contributed by atoms with Crippen LogP contribution in [0.1, 0.15) is 0 Å². The lowest BCUT2D eigenvalue weighted by Crippen LogP contribution is -2.39. The van der Waals surface area contributed by atoms with E-state index in [9.17, 15) is 22.4 Å². The van der Waals surface area contributed by atoms with Crippen molar-refractivity contribution < 1.29 is 22.4 Å². The first-order valence-corrected chi connectivity index (χ1v) is 6.61. The molecule has 0 aliphatic rings. The van der Waals surface area contributed by atoms with Crippen molar-refractivity contribution in [1.29, 1.82) is 0 Å². The number of nitrogens with one attached hydrogen (secondary N) is 1. The standard InChI is InChI=1S/C14H14F4N4O/c1-21(9-14(16,17)18)12(23)8-19-13-10(15)4-2-5-11(13)22-7-3-6-20-22/h2-7,19H,8-9H2,1H3. The first kappa shape index (κ1) is 16.8. The van der Waals surface area contributed by atoms with Gasteiger partial charge in [-0.3, -0.25) is 4.79 Å². The second-order valence-electron chi connectivity index (χ2n) is 4.80. The third kappa shape index (κ3) is 4.44. The Bertz CT molecular complexity index is 670. The molecule has 0 radical (unpaired) electrons. The van der Waals surface area contributed by atoms with Crippen molar-refractivity contribution in [3.05, 3.63) is 42.5 Å². The van der Waals surface area contributed by atoms with Gasteiger partial charge in [-0.15, -0.1) is 0 Å². The molecule has 0 saturated carbocycles. The second-order valence-corrected chi connectivity index (χ2v) is 4.80. The predicted octanol–water partition coefficient (Wildman–Crippen LogP) is 2.44. The summed E-state index contributed by atoms with van der Waals surface area (Å²) in [6.07, 6.45) is -1.41. The molecule has 23 heavy (non-hydrogen) atoms. The Hall–Kier alpha value is -2.58. The number of amides is 1. The Kier molecular flexibility index (Phi) is 4.87. The van der Waals surface area contributed by atoms with Crippen molar-refractivity contribution in [3.63, 3.8) is 0 Å². The fourth-order valence-corrected chi connectivity index (χ4v) is 1.95. The number of para-hydroxylation sites is 1. The fraction of sp³-hybridized carbons (Fsp3) is 0.286. The molecule has 0 aliphatic heterocycles. The van der Waals surface area contributed by atoms with Crippen LogP contribution in [0.5, 0.6) is 0 Å². The van der Waals surface area contributed by atoms with Crippen LogP contribution in [0.2, 0.25) is 0 Å². The van der Waals surface area contributed by atoms with Gasteiger partial charge in [0.1, 0.15) is 12.4 Å². The molecule has 1 amide bonds. The summed E-state index contributed by atoms with van der Waals surface area (Å²) in [6.45, 7) is -1.83. The number of alkyl halides is 3. The molecule has 0 fully saturated rings. The van der Waals surface area contributed by atoms with Crippen molar-refractivity contribution in [3.8, 4) is 5.69 Å². The molecule has 0 unspecified atom stereocenters. The predicted molar refractivity (Wildman–Crippen MR) is 75.7 cm³/mol. The number of benzene rings is 1.